The number of nitro benzene ring substituents is 1. The van der Waals surface area contributed by atoms with Gasteiger partial charge in [-0.3, -0.25) is 24.6 Å². The van der Waals surface area contributed by atoms with Crippen LogP contribution in [-0.4, -0.2) is 15.8 Å². The molecule has 0 saturated heterocycles. The molecule has 0 radical (unpaired) electrons. The smallest absolute Gasteiger partial charge is 0.296 e. The van der Waals surface area contributed by atoms with Gasteiger partial charge in [0.05, 0.1) is 21.9 Å². The fourth-order valence-corrected chi connectivity index (χ4v) is 4.08. The molecule has 1 atom stereocenters. The molecule has 158 valence electrons. The number of fused-ring (bicyclic) bond motifs is 2. The van der Waals surface area contributed by atoms with E-state index in [9.17, 15) is 19.7 Å². The van der Waals surface area contributed by atoms with Gasteiger partial charge in [-0.1, -0.05) is 29.8 Å². The second-order valence-corrected chi connectivity index (χ2v) is 7.87. The number of carbonyl (C=O) groups is 1. The molecule has 3 heterocycles. The second-order valence-electron chi connectivity index (χ2n) is 7.44. The van der Waals surface area contributed by atoms with Crippen molar-refractivity contribution in [2.45, 2.75) is 13.0 Å². The normalized spacial score (nSPS) is 15.2. The molecule has 0 aliphatic carbocycles. The van der Waals surface area contributed by atoms with E-state index in [0.717, 1.165) is 5.56 Å². The summed E-state index contributed by atoms with van der Waals surface area (Å²) in [4.78, 5) is 43.4. The van der Waals surface area contributed by atoms with Crippen LogP contribution in [0, 0.1) is 17.0 Å². The first-order valence-electron chi connectivity index (χ1n) is 9.62. The number of aryl methyl sites for hydroxylation is 1. The number of rotatable bonds is 3. The monoisotopic (exact) mass is 447 g/mol. The van der Waals surface area contributed by atoms with Gasteiger partial charge in [-0.15, -0.1) is 0 Å². The third-order valence-corrected chi connectivity index (χ3v) is 5.61. The largest absolute Gasteiger partial charge is 0.450 e. The third-order valence-electron chi connectivity index (χ3n) is 5.37. The molecule has 1 aliphatic rings. The SMILES string of the molecule is Cc1ccc(N2C(=O)c3oc4ccc(Cl)cc4c(=O)c3C2c2cccc([N+](=O)[O-])c2)nc1. The molecule has 1 unspecified atom stereocenters. The fourth-order valence-electron chi connectivity index (χ4n) is 3.91. The molecule has 0 saturated carbocycles. The van der Waals surface area contributed by atoms with Crippen molar-refractivity contribution in [1.82, 2.24) is 4.98 Å². The lowest BCUT2D eigenvalue weighted by Crippen LogP contribution is -2.30. The van der Waals surface area contributed by atoms with Crippen LogP contribution in [0.25, 0.3) is 11.0 Å². The summed E-state index contributed by atoms with van der Waals surface area (Å²) in [5, 5.41) is 11.9. The highest BCUT2D eigenvalue weighted by molar-refractivity contribution is 6.31. The first-order chi connectivity index (χ1) is 15.3. The van der Waals surface area contributed by atoms with Crippen LogP contribution < -0.4 is 10.3 Å². The Hall–Kier alpha value is -4.04. The molecule has 0 N–H and O–H groups in total. The minimum absolute atomic E-state index is 0.0904. The molecule has 0 spiro atoms. The van der Waals surface area contributed by atoms with E-state index in [1.807, 2.05) is 6.92 Å². The standard InChI is InChI=1S/C23H14ClN3O5/c1-12-5-8-18(25-11-12)26-20(13-3-2-4-15(9-13)27(30)31)19-21(28)16-10-14(24)6-7-17(16)32-22(19)23(26)29/h2-11,20H,1H3. The Morgan fingerprint density at radius 1 is 1.12 bits per heavy atom. The molecule has 2 aromatic carbocycles. The van der Waals surface area contributed by atoms with Crippen LogP contribution >= 0.6 is 11.6 Å². The zero-order valence-corrected chi connectivity index (χ0v) is 17.4. The summed E-state index contributed by atoms with van der Waals surface area (Å²) in [6.45, 7) is 1.86. The Kier molecular flexibility index (Phi) is 4.53. The molecule has 9 heteroatoms. The average molecular weight is 448 g/mol. The predicted octanol–water partition coefficient (Wildman–Crippen LogP) is 4.81. The minimum Gasteiger partial charge on any atom is -0.450 e. The quantitative estimate of drug-likeness (QED) is 0.329. The van der Waals surface area contributed by atoms with E-state index in [0.29, 0.717) is 16.4 Å². The maximum Gasteiger partial charge on any atom is 0.296 e. The lowest BCUT2D eigenvalue weighted by Gasteiger charge is -2.24. The summed E-state index contributed by atoms with van der Waals surface area (Å²) in [6.07, 6.45) is 1.60. The van der Waals surface area contributed by atoms with Gasteiger partial charge in [0.2, 0.25) is 5.76 Å². The number of hydrogen-bond acceptors (Lipinski definition) is 6. The van der Waals surface area contributed by atoms with Crippen LogP contribution in [-0.2, 0) is 0 Å². The lowest BCUT2D eigenvalue weighted by atomic mass is 9.98. The number of non-ortho nitro benzene ring substituents is 1. The van der Waals surface area contributed by atoms with Crippen LogP contribution in [0.3, 0.4) is 0 Å². The molecule has 32 heavy (non-hydrogen) atoms. The van der Waals surface area contributed by atoms with E-state index in [1.165, 1.54) is 35.2 Å². The van der Waals surface area contributed by atoms with Crippen LogP contribution in [0.5, 0.6) is 0 Å². The molecule has 0 bridgehead atoms. The van der Waals surface area contributed by atoms with E-state index in [2.05, 4.69) is 4.98 Å². The molecular formula is C23H14ClN3O5. The van der Waals surface area contributed by atoms with Crippen molar-refractivity contribution >= 4 is 40.0 Å². The van der Waals surface area contributed by atoms with E-state index in [4.69, 9.17) is 16.0 Å². The maximum atomic E-state index is 13.5. The molecule has 4 aromatic rings. The molecule has 5 rings (SSSR count). The Labute approximate surface area is 185 Å². The van der Waals surface area contributed by atoms with Gasteiger partial charge in [-0.25, -0.2) is 4.98 Å². The van der Waals surface area contributed by atoms with Gasteiger partial charge in [0.15, 0.2) is 5.43 Å². The number of nitrogens with zero attached hydrogens (tertiary/aromatic N) is 3. The van der Waals surface area contributed by atoms with Crippen LogP contribution in [0.15, 0.2) is 70.0 Å². The lowest BCUT2D eigenvalue weighted by molar-refractivity contribution is -0.384. The van der Waals surface area contributed by atoms with Gasteiger partial charge in [-0.05, 0) is 42.3 Å². The number of nitro groups is 1. The Bertz CT molecular complexity index is 1480. The number of hydrogen-bond donors (Lipinski definition) is 0. The highest BCUT2D eigenvalue weighted by Crippen LogP contribution is 2.41. The summed E-state index contributed by atoms with van der Waals surface area (Å²) in [6, 6.07) is 12.9. The summed E-state index contributed by atoms with van der Waals surface area (Å²) in [5.74, 6) is -0.379. The van der Waals surface area contributed by atoms with E-state index in [-0.39, 0.29) is 28.0 Å². The number of anilines is 1. The molecular weight excluding hydrogens is 434 g/mol. The zero-order valence-electron chi connectivity index (χ0n) is 16.6. The Balaban J connectivity index is 1.82. The summed E-state index contributed by atoms with van der Waals surface area (Å²) >= 11 is 6.08. The fraction of sp³-hybridized carbons (Fsp3) is 0.0870. The van der Waals surface area contributed by atoms with Gasteiger partial charge in [0, 0.05) is 23.4 Å². The van der Waals surface area contributed by atoms with Crippen molar-refractivity contribution in [3.63, 3.8) is 0 Å². The van der Waals surface area contributed by atoms with Crippen LogP contribution in [0.2, 0.25) is 5.02 Å². The number of carbonyl (C=O) groups excluding carboxylic acids is 1. The van der Waals surface area contributed by atoms with Crippen molar-refractivity contribution in [1.29, 1.82) is 0 Å². The van der Waals surface area contributed by atoms with Gasteiger partial charge < -0.3 is 4.42 Å². The summed E-state index contributed by atoms with van der Waals surface area (Å²) in [5.41, 5.74) is 1.01. The topological polar surface area (TPSA) is 107 Å². The van der Waals surface area contributed by atoms with Crippen LogP contribution in [0.4, 0.5) is 11.5 Å². The number of aromatic nitrogens is 1. The molecule has 0 fully saturated rings. The minimum atomic E-state index is -0.952. The first-order valence-corrected chi connectivity index (χ1v) is 10.00. The van der Waals surface area contributed by atoms with Gasteiger partial charge >= 0.3 is 0 Å². The molecule has 8 nitrogen and oxygen atoms in total. The number of pyridine rings is 1. The maximum absolute atomic E-state index is 13.5. The first kappa shape index (κ1) is 19.9. The highest BCUT2D eigenvalue weighted by Gasteiger charge is 2.44. The van der Waals surface area contributed by atoms with Crippen molar-refractivity contribution in [3.8, 4) is 0 Å². The van der Waals surface area contributed by atoms with Crippen LogP contribution in [0.1, 0.15) is 33.3 Å². The predicted molar refractivity (Wildman–Crippen MR) is 118 cm³/mol. The average Bonchev–Trinajstić information content (AvgIpc) is 3.07. The number of halogens is 1. The van der Waals surface area contributed by atoms with Crippen molar-refractivity contribution in [2.24, 2.45) is 0 Å². The summed E-state index contributed by atoms with van der Waals surface area (Å²) < 4.78 is 5.85. The molecule has 1 amide bonds. The number of amides is 1. The second kappa shape index (κ2) is 7.28. The molecule has 2 aromatic heterocycles. The van der Waals surface area contributed by atoms with Gasteiger partial charge in [0.1, 0.15) is 11.4 Å². The van der Waals surface area contributed by atoms with E-state index in [1.54, 1.807) is 30.5 Å². The Morgan fingerprint density at radius 3 is 2.66 bits per heavy atom. The van der Waals surface area contributed by atoms with Crippen molar-refractivity contribution < 1.29 is 14.1 Å². The highest BCUT2D eigenvalue weighted by atomic mass is 35.5. The van der Waals surface area contributed by atoms with Crippen molar-refractivity contribution in [3.05, 3.63) is 109 Å². The Morgan fingerprint density at radius 2 is 1.94 bits per heavy atom. The summed E-state index contributed by atoms with van der Waals surface area (Å²) in [7, 11) is 0. The van der Waals surface area contributed by atoms with Gasteiger partial charge in [0.25, 0.3) is 11.6 Å². The van der Waals surface area contributed by atoms with Crippen molar-refractivity contribution in [2.75, 3.05) is 4.90 Å². The van der Waals surface area contributed by atoms with E-state index < -0.39 is 22.3 Å². The molecule has 1 aliphatic heterocycles. The number of benzene rings is 2. The van der Waals surface area contributed by atoms with Gasteiger partial charge in [-0.2, -0.15) is 0 Å². The zero-order chi connectivity index (χ0) is 22.6. The van der Waals surface area contributed by atoms with E-state index >= 15 is 0 Å². The third kappa shape index (κ3) is 3.04.